The lowest BCUT2D eigenvalue weighted by Crippen LogP contribution is -2.32. The Morgan fingerprint density at radius 3 is 2.94 bits per heavy atom. The van der Waals surface area contributed by atoms with Crippen LogP contribution < -0.4 is 11.3 Å². The molecule has 5 nitrogen and oxygen atoms in total. The molecule has 1 aromatic rings. The maximum absolute atomic E-state index is 5.59. The van der Waals surface area contributed by atoms with Crippen LogP contribution in [-0.4, -0.2) is 23.3 Å². The van der Waals surface area contributed by atoms with E-state index in [1.165, 1.54) is 0 Å². The van der Waals surface area contributed by atoms with Crippen LogP contribution in [0.15, 0.2) is 12.4 Å². The monoisotopic (exact) mass is 226 g/mol. The highest BCUT2D eigenvalue weighted by Gasteiger charge is 2.18. The zero-order chi connectivity index (χ0) is 12.0. The van der Waals surface area contributed by atoms with E-state index in [9.17, 15) is 0 Å². The van der Waals surface area contributed by atoms with Crippen molar-refractivity contribution in [1.29, 1.82) is 0 Å². The summed E-state index contributed by atoms with van der Waals surface area (Å²) >= 11 is 0. The van der Waals surface area contributed by atoms with Crippen molar-refractivity contribution < 1.29 is 4.74 Å². The van der Waals surface area contributed by atoms with Crippen molar-refractivity contribution in [1.82, 2.24) is 15.0 Å². The van der Waals surface area contributed by atoms with E-state index in [0.29, 0.717) is 5.92 Å². The third-order valence-electron chi connectivity index (χ3n) is 2.69. The highest BCUT2D eigenvalue weighted by atomic mass is 16.5. The molecule has 0 aliphatic heterocycles. The molecule has 0 aromatic carbocycles. The Labute approximate surface area is 97.0 Å². The number of aromatic nitrogens is 2. The van der Waals surface area contributed by atoms with Gasteiger partial charge in [0.2, 0.25) is 0 Å². The summed E-state index contributed by atoms with van der Waals surface area (Å²) in [4.78, 5) is 4.35. The standard InChI is InChI=1S/C11H22N4O/c1-4-15-6-5-13-11(15)10(14-12)7-9(2)8-16-3/h5-6,9-10,14H,4,7-8,12H2,1-3H3. The molecule has 3 N–H and O–H groups in total. The molecule has 16 heavy (non-hydrogen) atoms. The first kappa shape index (κ1) is 13.2. The maximum atomic E-state index is 5.59. The number of nitrogens with two attached hydrogens (primary N) is 1. The van der Waals surface area contributed by atoms with Crippen molar-refractivity contribution >= 4 is 0 Å². The zero-order valence-electron chi connectivity index (χ0n) is 10.3. The number of hydrazine groups is 1. The molecule has 2 unspecified atom stereocenters. The summed E-state index contributed by atoms with van der Waals surface area (Å²) in [6.07, 6.45) is 4.70. The van der Waals surface area contributed by atoms with Gasteiger partial charge in [0, 0.05) is 32.7 Å². The van der Waals surface area contributed by atoms with Gasteiger partial charge >= 0.3 is 0 Å². The van der Waals surface area contributed by atoms with Gasteiger partial charge in [-0.25, -0.2) is 10.4 Å². The van der Waals surface area contributed by atoms with E-state index in [4.69, 9.17) is 10.6 Å². The molecule has 0 saturated carbocycles. The van der Waals surface area contributed by atoms with Crippen molar-refractivity contribution in [2.75, 3.05) is 13.7 Å². The molecule has 1 rings (SSSR count). The molecule has 0 fully saturated rings. The molecule has 92 valence electrons. The quantitative estimate of drug-likeness (QED) is 0.539. The fourth-order valence-electron chi connectivity index (χ4n) is 1.90. The van der Waals surface area contributed by atoms with Crippen LogP contribution in [0.2, 0.25) is 0 Å². The second-order valence-electron chi connectivity index (χ2n) is 4.09. The SMILES string of the molecule is CCn1ccnc1C(CC(C)COC)NN. The number of hydrogen-bond donors (Lipinski definition) is 2. The van der Waals surface area contributed by atoms with Crippen LogP contribution in [0.1, 0.15) is 32.1 Å². The van der Waals surface area contributed by atoms with Gasteiger partial charge < -0.3 is 9.30 Å². The number of methoxy groups -OCH3 is 1. The summed E-state index contributed by atoms with van der Waals surface area (Å²) in [5.41, 5.74) is 2.83. The van der Waals surface area contributed by atoms with Crippen LogP contribution in [0.3, 0.4) is 0 Å². The van der Waals surface area contributed by atoms with Gasteiger partial charge in [-0.2, -0.15) is 0 Å². The Hall–Kier alpha value is -0.910. The third-order valence-corrected chi connectivity index (χ3v) is 2.69. The minimum atomic E-state index is 0.0834. The number of nitrogens with zero attached hydrogens (tertiary/aromatic N) is 2. The fourth-order valence-corrected chi connectivity index (χ4v) is 1.90. The minimum Gasteiger partial charge on any atom is -0.384 e. The average Bonchev–Trinajstić information content (AvgIpc) is 2.74. The van der Waals surface area contributed by atoms with Gasteiger partial charge in [-0.05, 0) is 19.3 Å². The molecular weight excluding hydrogens is 204 g/mol. The number of rotatable bonds is 7. The Kier molecular flexibility index (Phi) is 5.45. The Morgan fingerprint density at radius 2 is 2.38 bits per heavy atom. The Morgan fingerprint density at radius 1 is 1.62 bits per heavy atom. The molecule has 2 atom stereocenters. The van der Waals surface area contributed by atoms with Gasteiger partial charge in [0.15, 0.2) is 0 Å². The van der Waals surface area contributed by atoms with Crippen LogP contribution in [0.5, 0.6) is 0 Å². The molecule has 1 heterocycles. The van der Waals surface area contributed by atoms with E-state index in [-0.39, 0.29) is 6.04 Å². The van der Waals surface area contributed by atoms with Gasteiger partial charge in [-0.3, -0.25) is 5.84 Å². The number of aryl methyl sites for hydroxylation is 1. The number of nitrogens with one attached hydrogen (secondary N) is 1. The molecular formula is C11H22N4O. The number of ether oxygens (including phenoxy) is 1. The third kappa shape index (κ3) is 3.30. The van der Waals surface area contributed by atoms with Crippen molar-refractivity contribution in [3.05, 3.63) is 18.2 Å². The lowest BCUT2D eigenvalue weighted by Gasteiger charge is -2.20. The second kappa shape index (κ2) is 6.62. The first-order chi connectivity index (χ1) is 7.72. The topological polar surface area (TPSA) is 65.1 Å². The highest BCUT2D eigenvalue weighted by molar-refractivity contribution is 4.99. The average molecular weight is 226 g/mol. The van der Waals surface area contributed by atoms with Crippen LogP contribution in [0.25, 0.3) is 0 Å². The van der Waals surface area contributed by atoms with Crippen LogP contribution in [0, 0.1) is 5.92 Å². The van der Waals surface area contributed by atoms with E-state index in [1.54, 1.807) is 7.11 Å². The maximum Gasteiger partial charge on any atom is 0.127 e. The van der Waals surface area contributed by atoms with Crippen LogP contribution >= 0.6 is 0 Å². The Balaban J connectivity index is 2.66. The molecule has 0 saturated heterocycles. The summed E-state index contributed by atoms with van der Waals surface area (Å²) in [5.74, 6) is 7.03. The van der Waals surface area contributed by atoms with Gasteiger partial charge in [-0.1, -0.05) is 6.92 Å². The van der Waals surface area contributed by atoms with E-state index >= 15 is 0 Å². The van der Waals surface area contributed by atoms with Crippen molar-refractivity contribution in [2.45, 2.75) is 32.9 Å². The van der Waals surface area contributed by atoms with Crippen molar-refractivity contribution in [2.24, 2.45) is 11.8 Å². The minimum absolute atomic E-state index is 0.0834. The predicted octanol–water partition coefficient (Wildman–Crippen LogP) is 1.08. The Bertz CT molecular complexity index is 300. The fraction of sp³-hybridized carbons (Fsp3) is 0.727. The summed E-state index contributed by atoms with van der Waals surface area (Å²) in [6, 6.07) is 0.0834. The molecule has 0 amide bonds. The van der Waals surface area contributed by atoms with Crippen molar-refractivity contribution in [3.8, 4) is 0 Å². The van der Waals surface area contributed by atoms with E-state index in [1.807, 2.05) is 12.4 Å². The first-order valence-corrected chi connectivity index (χ1v) is 5.69. The number of imidazole rings is 1. The molecule has 0 bridgehead atoms. The lowest BCUT2D eigenvalue weighted by atomic mass is 10.0. The van der Waals surface area contributed by atoms with Crippen LogP contribution in [0.4, 0.5) is 0 Å². The largest absolute Gasteiger partial charge is 0.384 e. The lowest BCUT2D eigenvalue weighted by molar-refractivity contribution is 0.148. The molecule has 0 aliphatic rings. The molecule has 5 heteroatoms. The smallest absolute Gasteiger partial charge is 0.127 e. The summed E-state index contributed by atoms with van der Waals surface area (Å²) in [6.45, 7) is 5.89. The summed E-state index contributed by atoms with van der Waals surface area (Å²) in [7, 11) is 1.72. The van der Waals surface area contributed by atoms with E-state index in [0.717, 1.165) is 25.4 Å². The highest BCUT2D eigenvalue weighted by Crippen LogP contribution is 2.19. The van der Waals surface area contributed by atoms with Crippen molar-refractivity contribution in [3.63, 3.8) is 0 Å². The van der Waals surface area contributed by atoms with Gasteiger partial charge in [-0.15, -0.1) is 0 Å². The normalized spacial score (nSPS) is 15.0. The summed E-state index contributed by atoms with van der Waals surface area (Å²) in [5, 5.41) is 0. The summed E-state index contributed by atoms with van der Waals surface area (Å²) < 4.78 is 7.23. The van der Waals surface area contributed by atoms with Gasteiger partial charge in [0.25, 0.3) is 0 Å². The van der Waals surface area contributed by atoms with Gasteiger partial charge in [0.05, 0.1) is 6.04 Å². The number of hydrogen-bond acceptors (Lipinski definition) is 4. The molecule has 0 radical (unpaired) electrons. The zero-order valence-corrected chi connectivity index (χ0v) is 10.3. The van der Waals surface area contributed by atoms with Crippen LogP contribution in [-0.2, 0) is 11.3 Å². The van der Waals surface area contributed by atoms with E-state index < -0.39 is 0 Å². The molecule has 1 aromatic heterocycles. The predicted molar refractivity (Wildman–Crippen MR) is 63.6 cm³/mol. The second-order valence-corrected chi connectivity index (χ2v) is 4.09. The van der Waals surface area contributed by atoms with E-state index in [2.05, 4.69) is 28.8 Å². The molecule has 0 aliphatic carbocycles. The van der Waals surface area contributed by atoms with Gasteiger partial charge in [0.1, 0.15) is 5.82 Å². The molecule has 0 spiro atoms. The first-order valence-electron chi connectivity index (χ1n) is 5.69.